The van der Waals surface area contributed by atoms with E-state index in [0.717, 1.165) is 6.42 Å². The van der Waals surface area contributed by atoms with Gasteiger partial charge in [-0.1, -0.05) is 42.6 Å². The summed E-state index contributed by atoms with van der Waals surface area (Å²) in [5.41, 5.74) is 12.2. The number of H-pyrrole nitrogens is 1. The number of nitrogen functional groups attached to an aromatic ring is 2. The molecule has 12 heteroatoms. The van der Waals surface area contributed by atoms with Gasteiger partial charge in [0.15, 0.2) is 5.82 Å². The predicted octanol–water partition coefficient (Wildman–Crippen LogP) is 3.32. The lowest BCUT2D eigenvalue weighted by molar-refractivity contribution is 0.615. The SMILES string of the molecule is CCC[C@H](Nc1nc(N)nc(N)c1Cl)c1nc2cccc(Cl)c2c(=O)n1-c1cn[nH]c1. The fraction of sp³-hybridized carbons (Fsp3) is 0.211. The summed E-state index contributed by atoms with van der Waals surface area (Å²) < 4.78 is 1.47. The van der Waals surface area contributed by atoms with Crippen molar-refractivity contribution in [1.82, 2.24) is 29.7 Å². The number of rotatable bonds is 6. The van der Waals surface area contributed by atoms with Crippen molar-refractivity contribution in [3.8, 4) is 5.69 Å². The molecule has 3 heterocycles. The average Bonchev–Trinajstić information content (AvgIpc) is 3.25. The van der Waals surface area contributed by atoms with E-state index >= 15 is 0 Å². The molecule has 1 atom stereocenters. The van der Waals surface area contributed by atoms with Crippen molar-refractivity contribution >= 4 is 51.7 Å². The van der Waals surface area contributed by atoms with Crippen LogP contribution in [0.1, 0.15) is 31.6 Å². The summed E-state index contributed by atoms with van der Waals surface area (Å²) in [7, 11) is 0. The van der Waals surface area contributed by atoms with Crippen molar-refractivity contribution in [2.24, 2.45) is 0 Å². The summed E-state index contributed by atoms with van der Waals surface area (Å²) in [6, 6.07) is 4.68. The molecule has 0 radical (unpaired) electrons. The van der Waals surface area contributed by atoms with E-state index in [0.29, 0.717) is 33.9 Å². The van der Waals surface area contributed by atoms with Crippen molar-refractivity contribution in [1.29, 1.82) is 0 Å². The number of hydrogen-bond acceptors (Lipinski definition) is 8. The molecule has 0 amide bonds. The Kier molecular flexibility index (Phi) is 5.66. The van der Waals surface area contributed by atoms with Crippen LogP contribution in [0, 0.1) is 0 Å². The molecule has 0 bridgehead atoms. The Balaban J connectivity index is 1.95. The zero-order valence-electron chi connectivity index (χ0n) is 16.4. The molecule has 0 unspecified atom stereocenters. The molecule has 0 aliphatic heterocycles. The van der Waals surface area contributed by atoms with Gasteiger partial charge in [-0.25, -0.2) is 4.98 Å². The second-order valence-electron chi connectivity index (χ2n) is 6.82. The molecular formula is C19H19Cl2N9O. The number of nitrogens with two attached hydrogens (primary N) is 2. The fourth-order valence-electron chi connectivity index (χ4n) is 3.35. The Morgan fingerprint density at radius 2 is 2.03 bits per heavy atom. The molecule has 10 nitrogen and oxygen atoms in total. The van der Waals surface area contributed by atoms with Crippen molar-refractivity contribution in [3.63, 3.8) is 0 Å². The normalized spacial score (nSPS) is 12.2. The van der Waals surface area contributed by atoms with Crippen LogP contribution in [0.25, 0.3) is 16.6 Å². The number of nitrogens with zero attached hydrogens (tertiary/aromatic N) is 5. The highest BCUT2D eigenvalue weighted by atomic mass is 35.5. The molecular weight excluding hydrogens is 441 g/mol. The molecule has 0 aliphatic rings. The molecule has 0 aliphatic carbocycles. The lowest BCUT2D eigenvalue weighted by atomic mass is 10.1. The molecule has 0 spiro atoms. The van der Waals surface area contributed by atoms with E-state index in [1.807, 2.05) is 6.92 Å². The Morgan fingerprint density at radius 3 is 2.74 bits per heavy atom. The van der Waals surface area contributed by atoms with Gasteiger partial charge in [-0.05, 0) is 18.6 Å². The van der Waals surface area contributed by atoms with Crippen molar-refractivity contribution in [2.75, 3.05) is 16.8 Å². The van der Waals surface area contributed by atoms with Gasteiger partial charge in [0.25, 0.3) is 5.56 Å². The maximum Gasteiger partial charge on any atom is 0.267 e. The summed E-state index contributed by atoms with van der Waals surface area (Å²) >= 11 is 12.6. The lowest BCUT2D eigenvalue weighted by Gasteiger charge is -2.23. The monoisotopic (exact) mass is 459 g/mol. The Bertz CT molecular complexity index is 1300. The Hall–Kier alpha value is -3.37. The lowest BCUT2D eigenvalue weighted by Crippen LogP contribution is -2.28. The van der Waals surface area contributed by atoms with Gasteiger partial charge in [0.2, 0.25) is 5.95 Å². The second kappa shape index (κ2) is 8.40. The average molecular weight is 460 g/mol. The van der Waals surface area contributed by atoms with Gasteiger partial charge in [0.05, 0.1) is 33.9 Å². The fourth-order valence-corrected chi connectivity index (χ4v) is 3.74. The van der Waals surface area contributed by atoms with E-state index in [4.69, 9.17) is 39.7 Å². The number of halogens is 2. The first-order valence-electron chi connectivity index (χ1n) is 9.46. The van der Waals surface area contributed by atoms with E-state index in [2.05, 4.69) is 25.5 Å². The molecule has 0 saturated heterocycles. The smallest absolute Gasteiger partial charge is 0.267 e. The molecule has 0 saturated carbocycles. The molecule has 1 aromatic carbocycles. The highest BCUT2D eigenvalue weighted by molar-refractivity contribution is 6.35. The molecule has 4 rings (SSSR count). The van der Waals surface area contributed by atoms with Crippen LogP contribution in [0.3, 0.4) is 0 Å². The van der Waals surface area contributed by atoms with Crippen LogP contribution in [0.15, 0.2) is 35.4 Å². The van der Waals surface area contributed by atoms with Crippen molar-refractivity contribution < 1.29 is 0 Å². The third-order valence-corrected chi connectivity index (χ3v) is 5.40. The van der Waals surface area contributed by atoms with Crippen LogP contribution >= 0.6 is 23.2 Å². The maximum absolute atomic E-state index is 13.5. The third kappa shape index (κ3) is 3.87. The topological polar surface area (TPSA) is 153 Å². The summed E-state index contributed by atoms with van der Waals surface area (Å²) in [5, 5.41) is 10.7. The summed E-state index contributed by atoms with van der Waals surface area (Å²) in [4.78, 5) is 26.3. The van der Waals surface area contributed by atoms with Crippen LogP contribution in [-0.4, -0.2) is 29.7 Å². The van der Waals surface area contributed by atoms with Crippen molar-refractivity contribution in [2.45, 2.75) is 25.8 Å². The zero-order valence-corrected chi connectivity index (χ0v) is 17.9. The molecule has 31 heavy (non-hydrogen) atoms. The summed E-state index contributed by atoms with van der Waals surface area (Å²) in [5.74, 6) is 0.724. The molecule has 4 aromatic rings. The van der Waals surface area contributed by atoms with E-state index < -0.39 is 6.04 Å². The van der Waals surface area contributed by atoms with Crippen LogP contribution < -0.4 is 22.3 Å². The second-order valence-corrected chi connectivity index (χ2v) is 7.60. The van der Waals surface area contributed by atoms with Gasteiger partial charge in [-0.2, -0.15) is 15.1 Å². The quantitative estimate of drug-likeness (QED) is 0.342. The van der Waals surface area contributed by atoms with Crippen LogP contribution in [0.5, 0.6) is 0 Å². The molecule has 6 N–H and O–H groups in total. The van der Waals surface area contributed by atoms with Gasteiger partial charge >= 0.3 is 0 Å². The Morgan fingerprint density at radius 1 is 1.23 bits per heavy atom. The van der Waals surface area contributed by atoms with Crippen LogP contribution in [-0.2, 0) is 0 Å². The van der Waals surface area contributed by atoms with Crippen molar-refractivity contribution in [3.05, 3.63) is 56.8 Å². The highest BCUT2D eigenvalue weighted by Gasteiger charge is 2.24. The minimum atomic E-state index is -0.456. The van der Waals surface area contributed by atoms with Gasteiger partial charge in [-0.3, -0.25) is 14.5 Å². The number of aromatic nitrogens is 6. The number of aromatic amines is 1. The summed E-state index contributed by atoms with van der Waals surface area (Å²) in [6.45, 7) is 2.01. The first-order chi connectivity index (χ1) is 14.9. The van der Waals surface area contributed by atoms with Crippen LogP contribution in [0.4, 0.5) is 17.6 Å². The minimum absolute atomic E-state index is 0.0230. The van der Waals surface area contributed by atoms with Gasteiger partial charge in [0, 0.05) is 6.20 Å². The van der Waals surface area contributed by atoms with E-state index in [9.17, 15) is 4.79 Å². The molecule has 0 fully saturated rings. The molecule has 3 aromatic heterocycles. The van der Waals surface area contributed by atoms with Crippen LogP contribution in [0.2, 0.25) is 10.0 Å². The standard InChI is InChI=1S/C19H19Cl2N9O/c1-2-4-12(26-16-14(21)15(22)28-19(23)29-16)17-27-11-6-3-5-10(20)13(11)18(31)30(17)9-7-24-25-8-9/h3,5-8,12H,2,4H2,1H3,(H,24,25)(H5,22,23,26,28,29)/t12-/m0/s1. The minimum Gasteiger partial charge on any atom is -0.382 e. The largest absolute Gasteiger partial charge is 0.382 e. The number of fused-ring (bicyclic) bond motifs is 1. The van der Waals surface area contributed by atoms with Gasteiger partial charge in [-0.15, -0.1) is 0 Å². The van der Waals surface area contributed by atoms with E-state index in [1.54, 1.807) is 24.4 Å². The van der Waals surface area contributed by atoms with Gasteiger partial charge < -0.3 is 16.8 Å². The highest BCUT2D eigenvalue weighted by Crippen LogP contribution is 2.31. The number of hydrogen-bond donors (Lipinski definition) is 4. The van der Waals surface area contributed by atoms with E-state index in [-0.39, 0.29) is 28.2 Å². The maximum atomic E-state index is 13.5. The first kappa shape index (κ1) is 20.9. The first-order valence-corrected chi connectivity index (χ1v) is 10.2. The number of benzene rings is 1. The summed E-state index contributed by atoms with van der Waals surface area (Å²) in [6.07, 6.45) is 4.52. The predicted molar refractivity (Wildman–Crippen MR) is 122 cm³/mol. The van der Waals surface area contributed by atoms with Gasteiger partial charge in [0.1, 0.15) is 16.7 Å². The zero-order chi connectivity index (χ0) is 22.1. The number of anilines is 3. The van der Waals surface area contributed by atoms with E-state index in [1.165, 1.54) is 10.8 Å². The number of nitrogens with one attached hydrogen (secondary N) is 2. The molecule has 160 valence electrons. The Labute approximate surface area is 186 Å². The third-order valence-electron chi connectivity index (χ3n) is 4.71.